The van der Waals surface area contributed by atoms with Gasteiger partial charge in [0.15, 0.2) is 0 Å². The Hall–Kier alpha value is -2.63. The topological polar surface area (TPSA) is 27.7 Å². The van der Waals surface area contributed by atoms with E-state index < -0.39 is 0 Å². The number of nitrogens with one attached hydrogen (secondary N) is 1. The summed E-state index contributed by atoms with van der Waals surface area (Å²) >= 11 is 6.22. The molecule has 0 atom stereocenters. The van der Waals surface area contributed by atoms with Gasteiger partial charge < -0.3 is 15.0 Å². The first-order valence-electron chi connectivity index (χ1n) is 14.6. The highest BCUT2D eigenvalue weighted by Gasteiger charge is 2.21. The van der Waals surface area contributed by atoms with Crippen LogP contribution in [0.1, 0.15) is 42.9 Å². The number of allylic oxidation sites excluding steroid dienone is 1. The van der Waals surface area contributed by atoms with Crippen LogP contribution in [0, 0.1) is 5.92 Å². The highest BCUT2D eigenvalue weighted by atomic mass is 35.5. The molecule has 0 radical (unpaired) electrons. The molecule has 2 heterocycles. The van der Waals surface area contributed by atoms with Crippen LogP contribution in [-0.4, -0.2) is 68.8 Å². The van der Waals surface area contributed by atoms with Crippen LogP contribution in [0.4, 0.5) is 0 Å². The van der Waals surface area contributed by atoms with Crippen LogP contribution in [0.3, 0.4) is 0 Å². The number of hydrogen-bond acceptors (Lipinski definition) is 4. The number of piperidine rings is 1. The van der Waals surface area contributed by atoms with Gasteiger partial charge in [0, 0.05) is 44.3 Å². The zero-order valence-corrected chi connectivity index (χ0v) is 24.0. The fraction of sp³-hybridized carbons (Fsp3) is 0.412. The fourth-order valence-corrected chi connectivity index (χ4v) is 6.06. The molecule has 1 N–H and O–H groups in total. The second-order valence-electron chi connectivity index (χ2n) is 10.8. The third-order valence-corrected chi connectivity index (χ3v) is 8.42. The highest BCUT2D eigenvalue weighted by molar-refractivity contribution is 6.30. The summed E-state index contributed by atoms with van der Waals surface area (Å²) in [6, 6.07) is 27.5. The Balaban J connectivity index is 1.19. The van der Waals surface area contributed by atoms with Crippen LogP contribution in [0.2, 0.25) is 5.02 Å². The fourth-order valence-electron chi connectivity index (χ4n) is 5.93. The van der Waals surface area contributed by atoms with Gasteiger partial charge in [0.1, 0.15) is 12.4 Å². The van der Waals surface area contributed by atoms with Gasteiger partial charge in [-0.15, -0.1) is 0 Å². The van der Waals surface area contributed by atoms with Crippen LogP contribution in [-0.2, 0) is 0 Å². The maximum absolute atomic E-state index is 6.22. The van der Waals surface area contributed by atoms with E-state index in [1.165, 1.54) is 73.4 Å². The van der Waals surface area contributed by atoms with Crippen molar-refractivity contribution >= 4 is 22.7 Å². The van der Waals surface area contributed by atoms with E-state index >= 15 is 0 Å². The zero-order valence-electron chi connectivity index (χ0n) is 23.2. The monoisotopic (exact) mass is 543 g/mol. The third-order valence-electron chi connectivity index (χ3n) is 8.17. The molecule has 206 valence electrons. The van der Waals surface area contributed by atoms with Crippen LogP contribution in [0.25, 0.3) is 11.1 Å². The van der Waals surface area contributed by atoms with Crippen molar-refractivity contribution in [1.82, 2.24) is 15.1 Å². The summed E-state index contributed by atoms with van der Waals surface area (Å²) < 4.78 is 6.19. The Morgan fingerprint density at radius 2 is 1.41 bits per heavy atom. The largest absolute Gasteiger partial charge is 0.492 e. The number of piperazine rings is 1. The smallest absolute Gasteiger partial charge is 0.119 e. The van der Waals surface area contributed by atoms with Crippen LogP contribution in [0.5, 0.6) is 5.75 Å². The van der Waals surface area contributed by atoms with Crippen molar-refractivity contribution in [3.05, 3.63) is 101 Å². The standard InChI is InChI=1S/C34H42ClN3O/c1-2-33(28-6-4-3-5-7-28)34(29-8-12-31(35)13-9-29)30-10-14-32(15-11-30)39-25-24-37-20-22-38(23-21-37)26-27-16-18-36-19-17-27/h3-15,27,36H,2,16-26H2,1H3/b34-33+. The minimum absolute atomic E-state index is 0.720. The van der Waals surface area contributed by atoms with Gasteiger partial charge in [-0.05, 0) is 90.4 Å². The molecule has 0 bridgehead atoms. The Kier molecular flexibility index (Phi) is 10.1. The molecular weight excluding hydrogens is 502 g/mol. The van der Waals surface area contributed by atoms with E-state index in [2.05, 4.69) is 88.8 Å². The van der Waals surface area contributed by atoms with Gasteiger partial charge in [-0.2, -0.15) is 0 Å². The van der Waals surface area contributed by atoms with Crippen molar-refractivity contribution in [1.29, 1.82) is 0 Å². The lowest BCUT2D eigenvalue weighted by Gasteiger charge is -2.37. The predicted octanol–water partition coefficient (Wildman–Crippen LogP) is 6.71. The normalized spacial score (nSPS) is 18.1. The van der Waals surface area contributed by atoms with Gasteiger partial charge in [-0.25, -0.2) is 0 Å². The molecule has 2 saturated heterocycles. The summed E-state index contributed by atoms with van der Waals surface area (Å²) in [5, 5.41) is 4.23. The van der Waals surface area contributed by atoms with E-state index in [9.17, 15) is 0 Å². The minimum Gasteiger partial charge on any atom is -0.492 e. The summed E-state index contributed by atoms with van der Waals surface area (Å²) in [5.74, 6) is 1.80. The molecule has 0 aromatic heterocycles. The first-order valence-corrected chi connectivity index (χ1v) is 15.0. The highest BCUT2D eigenvalue weighted by Crippen LogP contribution is 2.35. The maximum Gasteiger partial charge on any atom is 0.119 e. The van der Waals surface area contributed by atoms with Crippen molar-refractivity contribution in [2.45, 2.75) is 26.2 Å². The van der Waals surface area contributed by atoms with Crippen molar-refractivity contribution in [3.63, 3.8) is 0 Å². The van der Waals surface area contributed by atoms with Gasteiger partial charge in [0.05, 0.1) is 0 Å². The molecule has 4 nitrogen and oxygen atoms in total. The van der Waals surface area contributed by atoms with Crippen molar-refractivity contribution in [2.75, 3.05) is 59.0 Å². The molecular formula is C34H42ClN3O. The SMILES string of the molecule is CC/C(=C(/c1ccc(Cl)cc1)c1ccc(OCCN2CCN(CC3CCNCC3)CC2)cc1)c1ccccc1. The summed E-state index contributed by atoms with van der Waals surface area (Å²) in [4.78, 5) is 5.21. The summed E-state index contributed by atoms with van der Waals surface area (Å²) in [6.07, 6.45) is 3.59. The lowest BCUT2D eigenvalue weighted by Crippen LogP contribution is -2.49. The first-order chi connectivity index (χ1) is 19.2. The van der Waals surface area contributed by atoms with Crippen molar-refractivity contribution < 1.29 is 4.74 Å². The first kappa shape index (κ1) is 27.9. The third kappa shape index (κ3) is 7.73. The number of rotatable bonds is 10. The van der Waals surface area contributed by atoms with E-state index in [1.54, 1.807) is 0 Å². The average molecular weight is 544 g/mol. The average Bonchev–Trinajstić information content (AvgIpc) is 2.99. The molecule has 0 amide bonds. The Morgan fingerprint density at radius 1 is 0.795 bits per heavy atom. The molecule has 0 unspecified atom stereocenters. The molecule has 0 spiro atoms. The van der Waals surface area contributed by atoms with Crippen LogP contribution >= 0.6 is 11.6 Å². The quantitative estimate of drug-likeness (QED) is 0.288. The second-order valence-corrected chi connectivity index (χ2v) is 11.2. The predicted molar refractivity (Wildman–Crippen MR) is 165 cm³/mol. The second kappa shape index (κ2) is 14.1. The summed E-state index contributed by atoms with van der Waals surface area (Å²) in [7, 11) is 0. The van der Waals surface area contributed by atoms with Gasteiger partial charge in [0.2, 0.25) is 0 Å². The van der Waals surface area contributed by atoms with Crippen molar-refractivity contribution in [2.24, 2.45) is 5.92 Å². The van der Waals surface area contributed by atoms with E-state index in [4.69, 9.17) is 16.3 Å². The molecule has 0 saturated carbocycles. The molecule has 2 aliphatic rings. The number of benzene rings is 3. The van der Waals surface area contributed by atoms with Crippen molar-refractivity contribution in [3.8, 4) is 5.75 Å². The number of nitrogens with zero attached hydrogens (tertiary/aromatic N) is 2. The van der Waals surface area contributed by atoms with E-state index in [0.717, 1.165) is 49.4 Å². The van der Waals surface area contributed by atoms with Gasteiger partial charge >= 0.3 is 0 Å². The molecule has 3 aromatic rings. The molecule has 2 aliphatic heterocycles. The van der Waals surface area contributed by atoms with Gasteiger partial charge in [-0.1, -0.05) is 73.1 Å². The number of hydrogen-bond donors (Lipinski definition) is 1. The molecule has 2 fully saturated rings. The van der Waals surface area contributed by atoms with E-state index in [-0.39, 0.29) is 0 Å². The lowest BCUT2D eigenvalue weighted by atomic mass is 9.88. The minimum atomic E-state index is 0.720. The van der Waals surface area contributed by atoms with E-state index in [0.29, 0.717) is 0 Å². The van der Waals surface area contributed by atoms with Crippen LogP contribution in [0.15, 0.2) is 78.9 Å². The summed E-state index contributed by atoms with van der Waals surface area (Å²) in [5.41, 5.74) is 6.18. The maximum atomic E-state index is 6.22. The number of ether oxygens (including phenoxy) is 1. The molecule has 5 rings (SSSR count). The van der Waals surface area contributed by atoms with E-state index in [1.807, 2.05) is 12.1 Å². The van der Waals surface area contributed by atoms with Crippen LogP contribution < -0.4 is 10.1 Å². The lowest BCUT2D eigenvalue weighted by molar-refractivity contribution is 0.0999. The van der Waals surface area contributed by atoms with Gasteiger partial charge in [-0.3, -0.25) is 4.90 Å². The number of halogens is 1. The zero-order chi connectivity index (χ0) is 26.9. The van der Waals surface area contributed by atoms with Gasteiger partial charge in [0.25, 0.3) is 0 Å². The molecule has 39 heavy (non-hydrogen) atoms. The Bertz CT molecular complexity index is 1180. The summed E-state index contributed by atoms with van der Waals surface area (Å²) in [6.45, 7) is 12.2. The molecule has 3 aromatic carbocycles. The Labute approximate surface area is 239 Å². The molecule has 5 heteroatoms. The molecule has 0 aliphatic carbocycles. The Morgan fingerprint density at radius 3 is 2.05 bits per heavy atom.